The number of carbonyl (C=O) groups excluding carboxylic acids is 1. The summed E-state index contributed by atoms with van der Waals surface area (Å²) in [6, 6.07) is 13.3. The minimum atomic E-state index is -2.19. The second-order valence-electron chi connectivity index (χ2n) is 10.2. The highest BCUT2D eigenvalue weighted by atomic mass is 28.5. The Hall–Kier alpha value is -1.72. The molecule has 5 nitrogen and oxygen atoms in total. The average molecular weight is 491 g/mol. The summed E-state index contributed by atoms with van der Waals surface area (Å²) >= 11 is 0. The molecule has 0 unspecified atom stereocenters. The monoisotopic (exact) mass is 490 g/mol. The van der Waals surface area contributed by atoms with Crippen LogP contribution < -0.4 is 4.74 Å². The van der Waals surface area contributed by atoms with Crippen LogP contribution in [0.5, 0.6) is 11.5 Å². The fourth-order valence-corrected chi connectivity index (χ4v) is 17.3. The molecule has 2 rings (SSSR count). The third-order valence-corrected chi connectivity index (χ3v) is 15.2. The van der Waals surface area contributed by atoms with E-state index in [0.717, 1.165) is 12.5 Å². The molecule has 0 amide bonds. The highest BCUT2D eigenvalue weighted by Gasteiger charge is 2.37. The minimum Gasteiger partial charge on any atom is -0.507 e. The lowest BCUT2D eigenvalue weighted by Gasteiger charge is -2.37. The van der Waals surface area contributed by atoms with Crippen molar-refractivity contribution in [1.82, 2.24) is 0 Å². The predicted molar refractivity (Wildman–Crippen MR) is 138 cm³/mol. The molecule has 2 aromatic rings. The van der Waals surface area contributed by atoms with Crippen LogP contribution in [0.2, 0.25) is 51.9 Å². The number of hydrogen-bond donors (Lipinski definition) is 1. The zero-order valence-corrected chi connectivity index (χ0v) is 23.7. The molecule has 0 fully saturated rings. The van der Waals surface area contributed by atoms with Crippen LogP contribution in [0.15, 0.2) is 42.5 Å². The van der Waals surface area contributed by atoms with Crippen LogP contribution in [0.25, 0.3) is 0 Å². The van der Waals surface area contributed by atoms with E-state index in [1.54, 1.807) is 31.4 Å². The van der Waals surface area contributed by atoms with Crippen LogP contribution in [0.1, 0.15) is 27.9 Å². The summed E-state index contributed by atoms with van der Waals surface area (Å²) in [5, 5.41) is 10.9. The zero-order valence-electron chi connectivity index (χ0n) is 20.7. The largest absolute Gasteiger partial charge is 0.507 e. The van der Waals surface area contributed by atoms with Gasteiger partial charge in [-0.25, -0.2) is 0 Å². The quantitative estimate of drug-likeness (QED) is 0.294. The topological polar surface area (TPSA) is 65.0 Å². The first-order chi connectivity index (χ1) is 14.7. The average Bonchev–Trinajstić information content (AvgIpc) is 2.66. The van der Waals surface area contributed by atoms with E-state index in [1.807, 2.05) is 18.2 Å². The van der Waals surface area contributed by atoms with Crippen molar-refractivity contribution in [2.45, 2.75) is 64.7 Å². The molecule has 0 radical (unpaired) electrons. The predicted octanol–water partition coefficient (Wildman–Crippen LogP) is 6.34. The maximum Gasteiger partial charge on any atom is 0.311 e. The summed E-state index contributed by atoms with van der Waals surface area (Å²) in [7, 11) is -4.22. The van der Waals surface area contributed by atoms with Crippen molar-refractivity contribution in [3.63, 3.8) is 0 Å². The second-order valence-corrected chi connectivity index (χ2v) is 22.8. The van der Waals surface area contributed by atoms with Gasteiger partial charge >= 0.3 is 8.56 Å². The first-order valence-electron chi connectivity index (χ1n) is 11.1. The molecule has 8 heteroatoms. The molecule has 0 aromatic heterocycles. The Balaban J connectivity index is 2.14. The van der Waals surface area contributed by atoms with Gasteiger partial charge < -0.3 is 18.1 Å². The van der Waals surface area contributed by atoms with E-state index >= 15 is 0 Å². The van der Waals surface area contributed by atoms with Crippen molar-refractivity contribution < 1.29 is 22.9 Å². The second kappa shape index (κ2) is 10.5. The van der Waals surface area contributed by atoms with Crippen LogP contribution in [-0.2, 0) is 14.7 Å². The number of carbonyl (C=O) groups is 1. The molecule has 0 atom stereocenters. The van der Waals surface area contributed by atoms with E-state index in [4.69, 9.17) is 13.0 Å². The van der Waals surface area contributed by atoms with Crippen LogP contribution in [-0.4, -0.2) is 43.2 Å². The van der Waals surface area contributed by atoms with Gasteiger partial charge in [0.2, 0.25) is 0 Å². The van der Waals surface area contributed by atoms with Crippen molar-refractivity contribution in [3.05, 3.63) is 59.2 Å². The summed E-state index contributed by atoms with van der Waals surface area (Å²) in [5.74, 6) is 0.418. The summed E-state index contributed by atoms with van der Waals surface area (Å²) in [6.45, 7) is 15.3. The Kier molecular flexibility index (Phi) is 8.69. The lowest BCUT2D eigenvalue weighted by atomic mass is 9.97. The van der Waals surface area contributed by atoms with Crippen molar-refractivity contribution in [2.24, 2.45) is 0 Å². The third-order valence-electron chi connectivity index (χ3n) is 5.02. The highest BCUT2D eigenvalue weighted by molar-refractivity contribution is 6.87. The number of benzene rings is 2. The van der Waals surface area contributed by atoms with E-state index in [1.165, 1.54) is 0 Å². The van der Waals surface area contributed by atoms with Gasteiger partial charge in [0, 0.05) is 11.1 Å². The lowest BCUT2D eigenvalue weighted by molar-refractivity contribution is 0.103. The fourth-order valence-electron chi connectivity index (χ4n) is 4.14. The maximum atomic E-state index is 12.9. The number of ether oxygens (including phenoxy) is 1. The minimum absolute atomic E-state index is 0.00960. The molecule has 0 aliphatic heterocycles. The van der Waals surface area contributed by atoms with Crippen LogP contribution in [0.4, 0.5) is 0 Å². The van der Waals surface area contributed by atoms with Crippen molar-refractivity contribution in [2.75, 3.05) is 7.11 Å². The molecule has 0 aliphatic rings. The number of rotatable bonds is 11. The first-order valence-corrected chi connectivity index (χ1v) is 20.5. The van der Waals surface area contributed by atoms with Crippen LogP contribution in [0.3, 0.4) is 0 Å². The molecule has 0 saturated heterocycles. The normalized spacial score (nSPS) is 12.6. The van der Waals surface area contributed by atoms with Gasteiger partial charge in [-0.05, 0) is 76.8 Å². The third kappa shape index (κ3) is 7.70. The van der Waals surface area contributed by atoms with E-state index < -0.39 is 25.2 Å². The molecule has 0 saturated carbocycles. The van der Waals surface area contributed by atoms with Crippen LogP contribution >= 0.6 is 0 Å². The maximum absolute atomic E-state index is 12.9. The van der Waals surface area contributed by atoms with Gasteiger partial charge in [0.25, 0.3) is 0 Å². The Morgan fingerprint density at radius 2 is 1.53 bits per heavy atom. The smallest absolute Gasteiger partial charge is 0.311 e. The number of phenols is 1. The van der Waals surface area contributed by atoms with Gasteiger partial charge in [-0.3, -0.25) is 4.79 Å². The zero-order chi connectivity index (χ0) is 24.2. The van der Waals surface area contributed by atoms with E-state index in [9.17, 15) is 9.90 Å². The number of ketones is 1. The Labute approximate surface area is 196 Å². The Morgan fingerprint density at radius 1 is 0.906 bits per heavy atom. The fraction of sp³-hybridized carbons (Fsp3) is 0.458. The number of phenolic OH excluding ortho intramolecular Hbond substituents is 1. The van der Waals surface area contributed by atoms with Gasteiger partial charge in [-0.1, -0.05) is 30.3 Å². The lowest BCUT2D eigenvalue weighted by Crippen LogP contribution is -2.51. The Bertz CT molecular complexity index is 921. The van der Waals surface area contributed by atoms with Crippen molar-refractivity contribution >= 4 is 31.0 Å². The molecule has 32 heavy (non-hydrogen) atoms. The molecule has 0 aliphatic carbocycles. The van der Waals surface area contributed by atoms with E-state index in [-0.39, 0.29) is 11.5 Å². The van der Waals surface area contributed by atoms with Crippen molar-refractivity contribution in [1.29, 1.82) is 0 Å². The van der Waals surface area contributed by atoms with Gasteiger partial charge in [-0.2, -0.15) is 0 Å². The molecule has 2 aromatic carbocycles. The summed E-state index contributed by atoms with van der Waals surface area (Å²) in [4.78, 5) is 12.9. The Morgan fingerprint density at radius 3 is 2.09 bits per heavy atom. The molecular formula is C24H38O5Si3. The molecule has 0 heterocycles. The van der Waals surface area contributed by atoms with Gasteiger partial charge in [0.05, 0.1) is 12.7 Å². The number of methoxy groups -OCH3 is 1. The summed E-state index contributed by atoms with van der Waals surface area (Å²) in [6.07, 6.45) is 1.45. The summed E-state index contributed by atoms with van der Waals surface area (Å²) in [5.41, 5.74) is 1.53. The number of aromatic hydroxyl groups is 1. The van der Waals surface area contributed by atoms with Gasteiger partial charge in [0.15, 0.2) is 22.4 Å². The molecule has 1 N–H and O–H groups in total. The molecule has 176 valence electrons. The standard InChI is InChI=1S/C24H38O5Si3/c1-27-22-17-16-21(23(25)19-13-10-9-11-14-19)24(26)20(22)15-12-18-31(5,6)29-32(7,8)28-30(2,3)4/h9-11,13-14,16-17,26H,12,15,18H2,1-8H3. The van der Waals surface area contributed by atoms with Crippen LogP contribution in [0, 0.1) is 0 Å². The SMILES string of the molecule is COc1ccc(C(=O)c2ccccc2)c(O)c1CCC[Si](C)(C)O[Si](C)(C)O[Si](C)(C)C. The number of hydrogen-bond acceptors (Lipinski definition) is 5. The van der Waals surface area contributed by atoms with E-state index in [2.05, 4.69) is 45.8 Å². The highest BCUT2D eigenvalue weighted by Crippen LogP contribution is 2.35. The van der Waals surface area contributed by atoms with E-state index in [0.29, 0.717) is 28.9 Å². The van der Waals surface area contributed by atoms with Gasteiger partial charge in [-0.15, -0.1) is 0 Å². The molecule has 0 spiro atoms. The summed E-state index contributed by atoms with van der Waals surface area (Å²) < 4.78 is 18.4. The first kappa shape index (κ1) is 26.5. The molecule has 0 bridgehead atoms. The van der Waals surface area contributed by atoms with Crippen molar-refractivity contribution in [3.8, 4) is 11.5 Å². The van der Waals surface area contributed by atoms with Gasteiger partial charge in [0.1, 0.15) is 11.5 Å². The molecular weight excluding hydrogens is 453 g/mol.